The minimum Gasteiger partial charge on any atom is -0.296 e. The summed E-state index contributed by atoms with van der Waals surface area (Å²) in [7, 11) is 1.85. The van der Waals surface area contributed by atoms with Gasteiger partial charge in [0, 0.05) is 13.3 Å². The third-order valence-corrected chi connectivity index (χ3v) is 2.47. The molecule has 0 unspecified atom stereocenters. The van der Waals surface area contributed by atoms with E-state index >= 15 is 0 Å². The minimum atomic E-state index is 0.568. The van der Waals surface area contributed by atoms with Crippen molar-refractivity contribution in [1.29, 1.82) is 0 Å². The molecule has 1 heteroatoms. The SMILES string of the molecule is CN=CC(=C(C(C)C)C(C)C)C(C)C. The molecule has 82 valence electrons. The highest BCUT2D eigenvalue weighted by atomic mass is 14.6. The zero-order valence-electron chi connectivity index (χ0n) is 10.8. The van der Waals surface area contributed by atoms with Gasteiger partial charge in [-0.15, -0.1) is 0 Å². The van der Waals surface area contributed by atoms with Crippen molar-refractivity contribution in [2.45, 2.75) is 41.5 Å². The first-order chi connectivity index (χ1) is 6.41. The van der Waals surface area contributed by atoms with Crippen molar-refractivity contribution in [2.75, 3.05) is 7.05 Å². The number of rotatable bonds is 4. The lowest BCUT2D eigenvalue weighted by molar-refractivity contribution is 0.600. The number of allylic oxidation sites excluding steroid dienone is 2. The Morgan fingerprint density at radius 3 is 1.50 bits per heavy atom. The van der Waals surface area contributed by atoms with E-state index in [1.165, 1.54) is 5.57 Å². The Bertz CT molecular complexity index is 209. The molecule has 0 amide bonds. The van der Waals surface area contributed by atoms with Gasteiger partial charge in [0.15, 0.2) is 0 Å². The molecule has 0 radical (unpaired) electrons. The molecule has 0 saturated carbocycles. The first-order valence-corrected chi connectivity index (χ1v) is 5.57. The van der Waals surface area contributed by atoms with Crippen molar-refractivity contribution in [3.05, 3.63) is 11.1 Å². The third kappa shape index (κ3) is 3.65. The quantitative estimate of drug-likeness (QED) is 0.602. The van der Waals surface area contributed by atoms with E-state index in [2.05, 4.69) is 46.5 Å². The highest BCUT2D eigenvalue weighted by Gasteiger charge is 2.15. The lowest BCUT2D eigenvalue weighted by Crippen LogP contribution is -2.11. The standard InChI is InChI=1S/C13H25N/c1-9(2)12(8-14-7)13(10(3)4)11(5)6/h8-11H,1-7H3. The van der Waals surface area contributed by atoms with Crippen molar-refractivity contribution in [1.82, 2.24) is 0 Å². The van der Waals surface area contributed by atoms with Crippen molar-refractivity contribution < 1.29 is 0 Å². The Morgan fingerprint density at radius 2 is 1.29 bits per heavy atom. The van der Waals surface area contributed by atoms with Crippen molar-refractivity contribution in [3.8, 4) is 0 Å². The molecule has 1 nitrogen and oxygen atoms in total. The van der Waals surface area contributed by atoms with Gasteiger partial charge >= 0.3 is 0 Å². The molecule has 0 N–H and O–H groups in total. The average molecular weight is 195 g/mol. The van der Waals surface area contributed by atoms with Gasteiger partial charge in [-0.05, 0) is 23.3 Å². The largest absolute Gasteiger partial charge is 0.296 e. The smallest absolute Gasteiger partial charge is 0.0277 e. The fourth-order valence-corrected chi connectivity index (χ4v) is 2.03. The molecule has 0 rings (SSSR count). The first-order valence-electron chi connectivity index (χ1n) is 5.57. The van der Waals surface area contributed by atoms with E-state index in [4.69, 9.17) is 0 Å². The fourth-order valence-electron chi connectivity index (χ4n) is 2.03. The summed E-state index contributed by atoms with van der Waals surface area (Å²) in [5.74, 6) is 1.80. The maximum atomic E-state index is 4.16. The Labute approximate surface area is 89.3 Å². The Hall–Kier alpha value is -0.590. The molecule has 0 aliphatic heterocycles. The van der Waals surface area contributed by atoms with Crippen LogP contribution in [0, 0.1) is 17.8 Å². The van der Waals surface area contributed by atoms with Crippen LogP contribution in [0.15, 0.2) is 16.1 Å². The molecule has 0 bridgehead atoms. The Balaban J connectivity index is 5.26. The zero-order chi connectivity index (χ0) is 11.3. The summed E-state index contributed by atoms with van der Waals surface area (Å²) in [4.78, 5) is 4.16. The highest BCUT2D eigenvalue weighted by Crippen LogP contribution is 2.26. The molecule has 0 spiro atoms. The molecule has 0 saturated heterocycles. The predicted octanol–water partition coefficient (Wildman–Crippen LogP) is 3.95. The van der Waals surface area contributed by atoms with Crippen LogP contribution in [0.1, 0.15) is 41.5 Å². The number of hydrogen-bond donors (Lipinski definition) is 0. The molecule has 0 aliphatic carbocycles. The lowest BCUT2D eigenvalue weighted by atomic mass is 9.84. The van der Waals surface area contributed by atoms with Crippen LogP contribution in [-0.4, -0.2) is 13.3 Å². The maximum absolute atomic E-state index is 4.16. The van der Waals surface area contributed by atoms with Gasteiger partial charge in [-0.25, -0.2) is 0 Å². The van der Waals surface area contributed by atoms with Gasteiger partial charge in [-0.2, -0.15) is 0 Å². The summed E-state index contributed by atoms with van der Waals surface area (Å²) in [6.45, 7) is 13.5. The second-order valence-electron chi connectivity index (χ2n) is 4.76. The average Bonchev–Trinajstić information content (AvgIpc) is 2.01. The van der Waals surface area contributed by atoms with Gasteiger partial charge in [0.05, 0.1) is 0 Å². The normalized spacial score (nSPS) is 12.1. The summed E-state index contributed by atoms with van der Waals surface area (Å²) < 4.78 is 0. The second-order valence-corrected chi connectivity index (χ2v) is 4.76. The van der Waals surface area contributed by atoms with Gasteiger partial charge in [0.1, 0.15) is 0 Å². The number of hydrogen-bond acceptors (Lipinski definition) is 1. The van der Waals surface area contributed by atoms with Crippen molar-refractivity contribution in [3.63, 3.8) is 0 Å². The van der Waals surface area contributed by atoms with E-state index in [-0.39, 0.29) is 0 Å². The van der Waals surface area contributed by atoms with E-state index in [1.54, 1.807) is 5.57 Å². The zero-order valence-corrected chi connectivity index (χ0v) is 10.8. The maximum Gasteiger partial charge on any atom is 0.0277 e. The van der Waals surface area contributed by atoms with Crippen LogP contribution < -0.4 is 0 Å². The summed E-state index contributed by atoms with van der Waals surface area (Å²) in [6, 6.07) is 0. The van der Waals surface area contributed by atoms with E-state index < -0.39 is 0 Å². The predicted molar refractivity (Wildman–Crippen MR) is 66.0 cm³/mol. The molecule has 14 heavy (non-hydrogen) atoms. The molecule has 0 aromatic rings. The second kappa shape index (κ2) is 6.00. The van der Waals surface area contributed by atoms with E-state index in [1.807, 2.05) is 13.3 Å². The van der Waals surface area contributed by atoms with Crippen LogP contribution in [0.3, 0.4) is 0 Å². The lowest BCUT2D eigenvalue weighted by Gasteiger charge is -2.21. The van der Waals surface area contributed by atoms with Crippen molar-refractivity contribution >= 4 is 6.21 Å². The fraction of sp³-hybridized carbons (Fsp3) is 0.769. The Morgan fingerprint density at radius 1 is 0.857 bits per heavy atom. The first kappa shape index (κ1) is 13.4. The molecule has 0 aliphatic rings. The van der Waals surface area contributed by atoms with Crippen LogP contribution in [0.4, 0.5) is 0 Å². The summed E-state index contributed by atoms with van der Waals surface area (Å²) >= 11 is 0. The van der Waals surface area contributed by atoms with Crippen molar-refractivity contribution in [2.24, 2.45) is 22.7 Å². The van der Waals surface area contributed by atoms with Crippen LogP contribution in [0.2, 0.25) is 0 Å². The molecule has 0 atom stereocenters. The summed E-state index contributed by atoms with van der Waals surface area (Å²) in [5.41, 5.74) is 2.96. The van der Waals surface area contributed by atoms with Gasteiger partial charge in [0.2, 0.25) is 0 Å². The molecule has 0 heterocycles. The molecular weight excluding hydrogens is 170 g/mol. The number of aliphatic imine (C=N–C) groups is 1. The van der Waals surface area contributed by atoms with E-state index in [0.717, 1.165) is 0 Å². The van der Waals surface area contributed by atoms with E-state index in [9.17, 15) is 0 Å². The van der Waals surface area contributed by atoms with E-state index in [0.29, 0.717) is 17.8 Å². The van der Waals surface area contributed by atoms with Gasteiger partial charge in [0.25, 0.3) is 0 Å². The van der Waals surface area contributed by atoms with Gasteiger partial charge < -0.3 is 0 Å². The van der Waals surface area contributed by atoms with Crippen LogP contribution in [0.5, 0.6) is 0 Å². The molecule has 0 aromatic carbocycles. The van der Waals surface area contributed by atoms with Crippen LogP contribution >= 0.6 is 0 Å². The topological polar surface area (TPSA) is 12.4 Å². The van der Waals surface area contributed by atoms with Gasteiger partial charge in [-0.1, -0.05) is 47.1 Å². The van der Waals surface area contributed by atoms with Gasteiger partial charge in [-0.3, -0.25) is 4.99 Å². The monoisotopic (exact) mass is 195 g/mol. The third-order valence-electron chi connectivity index (χ3n) is 2.47. The molecular formula is C13H25N. The van der Waals surface area contributed by atoms with Crippen LogP contribution in [0.25, 0.3) is 0 Å². The summed E-state index contributed by atoms with van der Waals surface area (Å²) in [5, 5.41) is 0. The molecule has 0 fully saturated rings. The van der Waals surface area contributed by atoms with Crippen LogP contribution in [-0.2, 0) is 0 Å². The summed E-state index contributed by atoms with van der Waals surface area (Å²) in [6.07, 6.45) is 2.03. The molecule has 0 aromatic heterocycles. The minimum absolute atomic E-state index is 0.568. The Kier molecular flexibility index (Phi) is 5.75. The number of nitrogens with zero attached hydrogens (tertiary/aromatic N) is 1. The highest BCUT2D eigenvalue weighted by molar-refractivity contribution is 5.80.